The Kier molecular flexibility index (Phi) is 2.60. The molecule has 0 aliphatic heterocycles. The lowest BCUT2D eigenvalue weighted by Gasteiger charge is -1.92. The Hall–Kier alpha value is -2.89. The fourth-order valence-corrected chi connectivity index (χ4v) is 1.71. The number of hydrogen-bond acceptors (Lipinski definition) is 4. The molecule has 0 aliphatic rings. The second kappa shape index (κ2) is 4.41. The molecule has 0 unspecified atom stereocenters. The van der Waals surface area contributed by atoms with E-state index < -0.39 is 5.97 Å². The highest BCUT2D eigenvalue weighted by Gasteiger charge is 2.14. The van der Waals surface area contributed by atoms with Crippen LogP contribution in [0.25, 0.3) is 22.7 Å². The molecule has 0 spiro atoms. The summed E-state index contributed by atoms with van der Waals surface area (Å²) in [5.41, 5.74) is 2.16. The van der Waals surface area contributed by atoms with Gasteiger partial charge in [0.2, 0.25) is 0 Å². The third kappa shape index (κ3) is 2.11. The van der Waals surface area contributed by atoms with E-state index in [0.717, 1.165) is 11.3 Å². The van der Waals surface area contributed by atoms with Crippen LogP contribution in [0.3, 0.4) is 0 Å². The van der Waals surface area contributed by atoms with Gasteiger partial charge in [-0.3, -0.25) is 5.10 Å². The molecule has 94 valence electrons. The molecule has 0 amide bonds. The summed E-state index contributed by atoms with van der Waals surface area (Å²) >= 11 is 0. The molecule has 0 radical (unpaired) electrons. The van der Waals surface area contributed by atoms with Gasteiger partial charge in [-0.15, -0.1) is 0 Å². The SMILES string of the molecule is O=C(O)c1cc(-c2cc(-c3ccccc3)n[nH]2)on1. The Bertz CT molecular complexity index is 716. The topological polar surface area (TPSA) is 92.0 Å². The van der Waals surface area contributed by atoms with Gasteiger partial charge in [-0.25, -0.2) is 4.79 Å². The Balaban J connectivity index is 1.94. The van der Waals surface area contributed by atoms with Gasteiger partial charge in [-0.2, -0.15) is 5.10 Å². The van der Waals surface area contributed by atoms with Crippen LogP contribution in [-0.4, -0.2) is 26.4 Å². The van der Waals surface area contributed by atoms with E-state index in [1.165, 1.54) is 6.07 Å². The van der Waals surface area contributed by atoms with Gasteiger partial charge in [-0.05, 0) is 6.07 Å². The number of H-pyrrole nitrogens is 1. The second-order valence-electron chi connectivity index (χ2n) is 3.91. The van der Waals surface area contributed by atoms with Crippen molar-refractivity contribution in [1.82, 2.24) is 15.4 Å². The molecule has 2 aromatic heterocycles. The lowest BCUT2D eigenvalue weighted by molar-refractivity contribution is 0.0686. The number of aromatic nitrogens is 3. The van der Waals surface area contributed by atoms with Crippen LogP contribution in [0, 0.1) is 0 Å². The molecule has 0 saturated carbocycles. The van der Waals surface area contributed by atoms with E-state index in [0.29, 0.717) is 11.5 Å². The van der Waals surface area contributed by atoms with Crippen LogP contribution in [0.2, 0.25) is 0 Å². The summed E-state index contributed by atoms with van der Waals surface area (Å²) in [5.74, 6) is -0.787. The Morgan fingerprint density at radius 1 is 1.21 bits per heavy atom. The van der Waals surface area contributed by atoms with E-state index in [-0.39, 0.29) is 5.69 Å². The quantitative estimate of drug-likeness (QED) is 0.749. The van der Waals surface area contributed by atoms with Crippen LogP contribution < -0.4 is 0 Å². The number of nitrogens with one attached hydrogen (secondary N) is 1. The highest BCUT2D eigenvalue weighted by Crippen LogP contribution is 2.24. The number of aromatic amines is 1. The number of carboxylic acids is 1. The van der Waals surface area contributed by atoms with Gasteiger partial charge < -0.3 is 9.63 Å². The molecular weight excluding hydrogens is 246 g/mol. The van der Waals surface area contributed by atoms with Crippen molar-refractivity contribution in [3.8, 4) is 22.7 Å². The average molecular weight is 255 g/mol. The summed E-state index contributed by atoms with van der Waals surface area (Å²) in [7, 11) is 0. The molecule has 6 nitrogen and oxygen atoms in total. The van der Waals surface area contributed by atoms with Crippen molar-refractivity contribution in [3.63, 3.8) is 0 Å². The van der Waals surface area contributed by atoms with E-state index in [2.05, 4.69) is 15.4 Å². The molecule has 2 N–H and O–H groups in total. The largest absolute Gasteiger partial charge is 0.476 e. The van der Waals surface area contributed by atoms with Gasteiger partial charge >= 0.3 is 5.97 Å². The first kappa shape index (κ1) is 11.2. The number of rotatable bonds is 3. The van der Waals surface area contributed by atoms with Crippen molar-refractivity contribution >= 4 is 5.97 Å². The van der Waals surface area contributed by atoms with Crippen molar-refractivity contribution in [2.45, 2.75) is 0 Å². The standard InChI is InChI=1S/C13H9N3O3/c17-13(18)11-7-12(19-16-11)10-6-9(14-15-10)8-4-2-1-3-5-8/h1-7H,(H,14,15)(H,17,18). The van der Waals surface area contributed by atoms with Crippen LogP contribution in [0.1, 0.15) is 10.5 Å². The summed E-state index contributed by atoms with van der Waals surface area (Å²) in [5, 5.41) is 19.2. The van der Waals surface area contributed by atoms with E-state index in [1.54, 1.807) is 6.07 Å². The monoisotopic (exact) mass is 255 g/mol. The number of carboxylic acid groups (broad SMARTS) is 1. The summed E-state index contributed by atoms with van der Waals surface area (Å²) in [6.07, 6.45) is 0. The van der Waals surface area contributed by atoms with Gasteiger partial charge in [0.1, 0.15) is 5.69 Å². The van der Waals surface area contributed by atoms with Crippen molar-refractivity contribution in [3.05, 3.63) is 48.2 Å². The molecular formula is C13H9N3O3. The number of aromatic carboxylic acids is 1. The lowest BCUT2D eigenvalue weighted by atomic mass is 10.1. The highest BCUT2D eigenvalue weighted by molar-refractivity contribution is 5.86. The number of carbonyl (C=O) groups is 1. The van der Waals surface area contributed by atoms with Crippen molar-refractivity contribution < 1.29 is 14.4 Å². The molecule has 2 heterocycles. The van der Waals surface area contributed by atoms with Crippen LogP contribution in [-0.2, 0) is 0 Å². The normalized spacial score (nSPS) is 10.5. The van der Waals surface area contributed by atoms with Crippen LogP contribution >= 0.6 is 0 Å². The fraction of sp³-hybridized carbons (Fsp3) is 0. The fourth-order valence-electron chi connectivity index (χ4n) is 1.71. The lowest BCUT2D eigenvalue weighted by Crippen LogP contribution is -1.94. The van der Waals surface area contributed by atoms with Crippen molar-refractivity contribution in [1.29, 1.82) is 0 Å². The van der Waals surface area contributed by atoms with E-state index in [1.807, 2.05) is 30.3 Å². The minimum absolute atomic E-state index is 0.133. The highest BCUT2D eigenvalue weighted by atomic mass is 16.5. The van der Waals surface area contributed by atoms with Crippen LogP contribution in [0.5, 0.6) is 0 Å². The number of benzene rings is 1. The van der Waals surface area contributed by atoms with Crippen molar-refractivity contribution in [2.75, 3.05) is 0 Å². The Morgan fingerprint density at radius 2 is 2.00 bits per heavy atom. The summed E-state index contributed by atoms with van der Waals surface area (Å²) in [6, 6.07) is 12.8. The molecule has 3 aromatic rings. The second-order valence-corrected chi connectivity index (χ2v) is 3.91. The first-order chi connectivity index (χ1) is 9.24. The molecule has 0 saturated heterocycles. The molecule has 0 bridgehead atoms. The van der Waals surface area contributed by atoms with Gasteiger partial charge in [0.05, 0.1) is 5.69 Å². The zero-order valence-corrected chi connectivity index (χ0v) is 9.70. The number of hydrogen-bond donors (Lipinski definition) is 2. The third-order valence-electron chi connectivity index (χ3n) is 2.64. The smallest absolute Gasteiger partial charge is 0.358 e. The van der Waals surface area contributed by atoms with Gasteiger partial charge in [0, 0.05) is 11.6 Å². The summed E-state index contributed by atoms with van der Waals surface area (Å²) in [6.45, 7) is 0. The molecule has 0 fully saturated rings. The molecule has 19 heavy (non-hydrogen) atoms. The zero-order chi connectivity index (χ0) is 13.2. The molecule has 1 aromatic carbocycles. The molecule has 0 aliphatic carbocycles. The van der Waals surface area contributed by atoms with E-state index in [4.69, 9.17) is 9.63 Å². The molecule has 3 rings (SSSR count). The first-order valence-electron chi connectivity index (χ1n) is 5.55. The average Bonchev–Trinajstić information content (AvgIpc) is 3.09. The Labute approximate surface area is 107 Å². The van der Waals surface area contributed by atoms with Crippen LogP contribution in [0.4, 0.5) is 0 Å². The van der Waals surface area contributed by atoms with E-state index in [9.17, 15) is 4.79 Å². The van der Waals surface area contributed by atoms with Gasteiger partial charge in [0.15, 0.2) is 11.5 Å². The zero-order valence-electron chi connectivity index (χ0n) is 9.70. The first-order valence-corrected chi connectivity index (χ1v) is 5.55. The van der Waals surface area contributed by atoms with E-state index >= 15 is 0 Å². The molecule has 6 heteroatoms. The minimum atomic E-state index is -1.13. The minimum Gasteiger partial charge on any atom is -0.476 e. The Morgan fingerprint density at radius 3 is 2.68 bits per heavy atom. The maximum atomic E-state index is 10.7. The van der Waals surface area contributed by atoms with Gasteiger partial charge in [0.25, 0.3) is 0 Å². The van der Waals surface area contributed by atoms with Gasteiger partial charge in [-0.1, -0.05) is 35.5 Å². The predicted octanol–water partition coefficient (Wildman–Crippen LogP) is 2.43. The van der Waals surface area contributed by atoms with Crippen LogP contribution in [0.15, 0.2) is 47.0 Å². The molecule has 0 atom stereocenters. The summed E-state index contributed by atoms with van der Waals surface area (Å²) < 4.78 is 4.96. The predicted molar refractivity (Wildman–Crippen MR) is 66.5 cm³/mol. The third-order valence-corrected chi connectivity index (χ3v) is 2.64. The maximum absolute atomic E-state index is 10.7. The number of nitrogens with zero attached hydrogens (tertiary/aromatic N) is 2. The van der Waals surface area contributed by atoms with Crippen molar-refractivity contribution in [2.24, 2.45) is 0 Å². The maximum Gasteiger partial charge on any atom is 0.358 e. The summed E-state index contributed by atoms with van der Waals surface area (Å²) in [4.78, 5) is 10.7.